The largest absolute Gasteiger partial charge is 0.403 e. The summed E-state index contributed by atoms with van der Waals surface area (Å²) in [6.45, 7) is 1.02. The van der Waals surface area contributed by atoms with Gasteiger partial charge in [-0.1, -0.05) is 29.7 Å². The Hall–Kier alpha value is -3.43. The van der Waals surface area contributed by atoms with E-state index in [0.29, 0.717) is 47.0 Å². The van der Waals surface area contributed by atoms with E-state index >= 15 is 0 Å². The number of amides is 1. The van der Waals surface area contributed by atoms with Gasteiger partial charge in [-0.3, -0.25) is 9.79 Å². The van der Waals surface area contributed by atoms with Gasteiger partial charge in [0.15, 0.2) is 5.82 Å². The molecule has 1 amide bonds. The van der Waals surface area contributed by atoms with Crippen LogP contribution in [0.2, 0.25) is 5.02 Å². The Labute approximate surface area is 204 Å². The van der Waals surface area contributed by atoms with E-state index in [4.69, 9.17) is 22.1 Å². The van der Waals surface area contributed by atoms with E-state index in [9.17, 15) is 4.79 Å². The lowest BCUT2D eigenvalue weighted by Crippen LogP contribution is -2.10. The van der Waals surface area contributed by atoms with Gasteiger partial charge in [0.1, 0.15) is 5.02 Å². The Bertz CT molecular complexity index is 1060. The summed E-state index contributed by atoms with van der Waals surface area (Å²) < 4.78 is 4.97. The number of ether oxygens (including phenoxy) is 1. The molecule has 1 saturated carbocycles. The number of benzene rings is 1. The van der Waals surface area contributed by atoms with Gasteiger partial charge in [-0.2, -0.15) is 4.98 Å². The molecule has 9 nitrogen and oxygen atoms in total. The number of anilines is 4. The molecule has 5 N–H and O–H groups in total. The van der Waals surface area contributed by atoms with Gasteiger partial charge in [-0.15, -0.1) is 0 Å². The number of aromatic nitrogens is 2. The van der Waals surface area contributed by atoms with Crippen LogP contribution >= 0.6 is 11.6 Å². The normalized spacial score (nSPS) is 14.2. The lowest BCUT2D eigenvalue weighted by atomic mass is 9.94. The monoisotopic (exact) mass is 483 g/mol. The average molecular weight is 484 g/mol. The van der Waals surface area contributed by atoms with Crippen LogP contribution in [0.3, 0.4) is 0 Å². The molecule has 10 heteroatoms. The number of rotatable bonds is 10. The first-order chi connectivity index (χ1) is 16.6. The van der Waals surface area contributed by atoms with Crippen LogP contribution in [0.5, 0.6) is 0 Å². The summed E-state index contributed by atoms with van der Waals surface area (Å²) in [5.74, 6) is 0.582. The van der Waals surface area contributed by atoms with Gasteiger partial charge in [0.25, 0.3) is 0 Å². The fourth-order valence-electron chi connectivity index (χ4n) is 3.39. The highest BCUT2D eigenvalue weighted by molar-refractivity contribution is 6.32. The van der Waals surface area contributed by atoms with Crippen LogP contribution in [0.1, 0.15) is 32.1 Å². The minimum atomic E-state index is -0.117. The van der Waals surface area contributed by atoms with Crippen molar-refractivity contribution in [2.24, 2.45) is 10.7 Å². The molecular formula is C24H30ClN7O2. The predicted molar refractivity (Wildman–Crippen MR) is 138 cm³/mol. The summed E-state index contributed by atoms with van der Waals surface area (Å²) in [5.41, 5.74) is 8.78. The smallest absolute Gasteiger partial charge is 0.248 e. The summed E-state index contributed by atoms with van der Waals surface area (Å²) in [5, 5.41) is 9.43. The topological polar surface area (TPSA) is 127 Å². The van der Waals surface area contributed by atoms with Crippen molar-refractivity contribution in [2.75, 3.05) is 36.2 Å². The highest BCUT2D eigenvalue weighted by atomic mass is 35.5. The molecule has 2 aromatic rings. The molecule has 3 rings (SSSR count). The van der Waals surface area contributed by atoms with E-state index in [1.165, 1.54) is 24.4 Å². The van der Waals surface area contributed by atoms with Gasteiger partial charge in [-0.05, 0) is 43.9 Å². The van der Waals surface area contributed by atoms with E-state index in [2.05, 4.69) is 30.9 Å². The molecule has 1 aliphatic carbocycles. The number of methoxy groups -OCH3 is 1. The molecule has 1 fully saturated rings. The zero-order valence-corrected chi connectivity index (χ0v) is 19.9. The van der Waals surface area contributed by atoms with Gasteiger partial charge >= 0.3 is 0 Å². The van der Waals surface area contributed by atoms with Crippen molar-refractivity contribution in [3.63, 3.8) is 0 Å². The Balaban J connectivity index is 1.66. The van der Waals surface area contributed by atoms with Crippen LogP contribution in [-0.4, -0.2) is 42.4 Å². The SMILES string of the molecule is COCCN=CC(=CN)Nc1ncc(Cl)c(Nc2cccc(NC(=O)C=C3CCCCC3)c2)n1. The quantitative estimate of drug-likeness (QED) is 0.220. The fourth-order valence-corrected chi connectivity index (χ4v) is 3.53. The first-order valence-electron chi connectivity index (χ1n) is 11.1. The molecule has 180 valence electrons. The van der Waals surface area contributed by atoms with Crippen molar-refractivity contribution < 1.29 is 9.53 Å². The molecule has 1 aromatic heterocycles. The highest BCUT2D eigenvalue weighted by Gasteiger charge is 2.10. The third kappa shape index (κ3) is 8.17. The zero-order chi connectivity index (χ0) is 24.2. The molecule has 1 heterocycles. The maximum Gasteiger partial charge on any atom is 0.248 e. The lowest BCUT2D eigenvalue weighted by molar-refractivity contribution is -0.112. The standard InChI is InChI=1S/C24H30ClN7O2/c1-34-11-10-27-15-20(14-26)31-24-28-16-21(25)23(32-24)30-19-9-5-8-18(13-19)29-22(33)12-17-6-3-2-4-7-17/h5,8-9,12-16H,2-4,6-7,10-11,26H2,1H3,(H,29,33)(H2,28,30,31,32). The number of carbonyl (C=O) groups excluding carboxylic acids is 1. The number of allylic oxidation sites excluding steroid dienone is 2. The second-order valence-electron chi connectivity index (χ2n) is 7.72. The summed E-state index contributed by atoms with van der Waals surface area (Å²) in [4.78, 5) is 25.2. The van der Waals surface area contributed by atoms with Gasteiger partial charge < -0.3 is 26.4 Å². The summed E-state index contributed by atoms with van der Waals surface area (Å²) in [6.07, 6.45) is 11.7. The van der Waals surface area contributed by atoms with Gasteiger partial charge in [-0.25, -0.2) is 4.98 Å². The van der Waals surface area contributed by atoms with Crippen molar-refractivity contribution in [1.82, 2.24) is 9.97 Å². The molecule has 34 heavy (non-hydrogen) atoms. The number of aliphatic imine (C=N–C) groups is 1. The second-order valence-corrected chi connectivity index (χ2v) is 8.13. The summed E-state index contributed by atoms with van der Waals surface area (Å²) in [6, 6.07) is 7.34. The molecule has 1 aliphatic rings. The van der Waals surface area contributed by atoms with E-state index < -0.39 is 0 Å². The predicted octanol–water partition coefficient (Wildman–Crippen LogP) is 4.63. The molecule has 0 unspecified atom stereocenters. The van der Waals surface area contributed by atoms with Crippen LogP contribution in [0.25, 0.3) is 0 Å². The molecule has 0 radical (unpaired) electrons. The zero-order valence-electron chi connectivity index (χ0n) is 19.2. The highest BCUT2D eigenvalue weighted by Crippen LogP contribution is 2.26. The van der Waals surface area contributed by atoms with Gasteiger partial charge in [0, 0.05) is 37.0 Å². The Morgan fingerprint density at radius 1 is 1.24 bits per heavy atom. The number of nitrogens with one attached hydrogen (secondary N) is 3. The Morgan fingerprint density at radius 2 is 2.03 bits per heavy atom. The molecule has 0 saturated heterocycles. The fraction of sp³-hybridized carbons (Fsp3) is 0.333. The van der Waals surface area contributed by atoms with E-state index in [0.717, 1.165) is 25.7 Å². The molecule has 0 atom stereocenters. The number of hydrogen-bond acceptors (Lipinski definition) is 8. The number of nitrogens with zero attached hydrogens (tertiary/aromatic N) is 3. The number of carbonyl (C=O) groups is 1. The van der Waals surface area contributed by atoms with Crippen LogP contribution in [0, 0.1) is 0 Å². The van der Waals surface area contributed by atoms with Crippen LogP contribution in [0.15, 0.2) is 59.0 Å². The third-order valence-corrected chi connectivity index (χ3v) is 5.34. The molecular weight excluding hydrogens is 454 g/mol. The minimum absolute atomic E-state index is 0.117. The molecule has 1 aromatic carbocycles. The van der Waals surface area contributed by atoms with Crippen molar-refractivity contribution in [3.8, 4) is 0 Å². The Morgan fingerprint density at radius 3 is 2.79 bits per heavy atom. The summed E-state index contributed by atoms with van der Waals surface area (Å²) >= 11 is 6.30. The van der Waals surface area contributed by atoms with Crippen LogP contribution in [0.4, 0.5) is 23.1 Å². The van der Waals surface area contributed by atoms with E-state index in [-0.39, 0.29) is 5.91 Å². The van der Waals surface area contributed by atoms with E-state index in [1.54, 1.807) is 19.4 Å². The van der Waals surface area contributed by atoms with Crippen molar-refractivity contribution in [3.05, 3.63) is 59.0 Å². The average Bonchev–Trinajstić information content (AvgIpc) is 2.84. The maximum atomic E-state index is 12.4. The van der Waals surface area contributed by atoms with Crippen molar-refractivity contribution in [1.29, 1.82) is 0 Å². The Kier molecular flexibility index (Phi) is 9.87. The van der Waals surface area contributed by atoms with Gasteiger partial charge in [0.2, 0.25) is 11.9 Å². The third-order valence-electron chi connectivity index (χ3n) is 5.06. The molecule has 0 spiro atoms. The first-order valence-corrected chi connectivity index (χ1v) is 11.5. The molecule has 0 bridgehead atoms. The lowest BCUT2D eigenvalue weighted by Gasteiger charge is -2.13. The number of nitrogens with two attached hydrogens (primary N) is 1. The number of hydrogen-bond donors (Lipinski definition) is 4. The van der Waals surface area contributed by atoms with Crippen molar-refractivity contribution in [2.45, 2.75) is 32.1 Å². The van der Waals surface area contributed by atoms with Crippen LogP contribution in [-0.2, 0) is 9.53 Å². The molecule has 0 aliphatic heterocycles. The maximum absolute atomic E-state index is 12.4. The number of halogens is 1. The van der Waals surface area contributed by atoms with Crippen LogP contribution < -0.4 is 21.7 Å². The summed E-state index contributed by atoms with van der Waals surface area (Å²) in [7, 11) is 1.61. The minimum Gasteiger partial charge on any atom is -0.403 e. The first kappa shape index (κ1) is 25.2. The second kappa shape index (κ2) is 13.3. The van der Waals surface area contributed by atoms with E-state index in [1.807, 2.05) is 24.3 Å². The van der Waals surface area contributed by atoms with Gasteiger partial charge in [0.05, 0.1) is 25.0 Å². The van der Waals surface area contributed by atoms with Crippen molar-refractivity contribution >= 4 is 46.9 Å².